The number of halogens is 1. The predicted molar refractivity (Wildman–Crippen MR) is 71.9 cm³/mol. The summed E-state index contributed by atoms with van der Waals surface area (Å²) in [5, 5.41) is 7.09. The third-order valence-corrected chi connectivity index (χ3v) is 2.80. The van der Waals surface area contributed by atoms with Crippen LogP contribution in [0.3, 0.4) is 0 Å². The highest BCUT2D eigenvalue weighted by Gasteiger charge is 2.11. The second-order valence-electron chi connectivity index (χ2n) is 3.67. The van der Waals surface area contributed by atoms with E-state index in [0.29, 0.717) is 18.8 Å². The van der Waals surface area contributed by atoms with Crippen LogP contribution in [0.1, 0.15) is 13.3 Å². The van der Waals surface area contributed by atoms with Gasteiger partial charge in [0, 0.05) is 7.11 Å². The molecule has 0 amide bonds. The Morgan fingerprint density at radius 2 is 2.44 bits per heavy atom. The van der Waals surface area contributed by atoms with Gasteiger partial charge in [0.1, 0.15) is 5.02 Å². The number of ether oxygens (including phenoxy) is 1. The van der Waals surface area contributed by atoms with Crippen molar-refractivity contribution in [3.8, 4) is 12.3 Å². The number of terminal acetylenes is 1. The Bertz CT molecular complexity index is 493. The van der Waals surface area contributed by atoms with E-state index in [1.807, 2.05) is 6.92 Å². The highest BCUT2D eigenvalue weighted by Crippen LogP contribution is 2.16. The van der Waals surface area contributed by atoms with Crippen LogP contribution in [0.25, 0.3) is 0 Å². The summed E-state index contributed by atoms with van der Waals surface area (Å²) in [6.07, 6.45) is 7.57. The first-order valence-electron chi connectivity index (χ1n) is 5.61. The SMILES string of the molecule is C#CC(CC)Nc1cnn(CCOC)c(=O)c1Cl. The molecule has 1 atom stereocenters. The van der Waals surface area contributed by atoms with Crippen LogP contribution in [0.4, 0.5) is 5.69 Å². The Morgan fingerprint density at radius 1 is 1.72 bits per heavy atom. The predicted octanol–water partition coefficient (Wildman–Crippen LogP) is 1.37. The summed E-state index contributed by atoms with van der Waals surface area (Å²) in [4.78, 5) is 11.9. The average molecular weight is 270 g/mol. The molecule has 1 aromatic heterocycles. The Balaban J connectivity index is 2.94. The van der Waals surface area contributed by atoms with Gasteiger partial charge in [-0.05, 0) is 6.42 Å². The number of nitrogens with zero attached hydrogens (tertiary/aromatic N) is 2. The molecule has 0 saturated heterocycles. The molecule has 0 bridgehead atoms. The minimum absolute atomic E-state index is 0.0924. The van der Waals surface area contributed by atoms with Gasteiger partial charge >= 0.3 is 0 Å². The normalized spacial score (nSPS) is 11.9. The van der Waals surface area contributed by atoms with Gasteiger partial charge in [-0.3, -0.25) is 4.79 Å². The minimum Gasteiger partial charge on any atom is -0.383 e. The molecule has 0 aromatic carbocycles. The molecular formula is C12H16ClN3O2. The number of methoxy groups -OCH3 is 1. The second kappa shape index (κ2) is 7.04. The van der Waals surface area contributed by atoms with E-state index in [1.165, 1.54) is 10.9 Å². The zero-order valence-corrected chi connectivity index (χ0v) is 11.2. The summed E-state index contributed by atoms with van der Waals surface area (Å²) in [6.45, 7) is 2.71. The van der Waals surface area contributed by atoms with Crippen molar-refractivity contribution >= 4 is 17.3 Å². The summed E-state index contributed by atoms with van der Waals surface area (Å²) < 4.78 is 6.14. The number of hydrogen-bond acceptors (Lipinski definition) is 4. The van der Waals surface area contributed by atoms with E-state index in [9.17, 15) is 4.79 Å². The highest BCUT2D eigenvalue weighted by molar-refractivity contribution is 6.32. The van der Waals surface area contributed by atoms with Crippen molar-refractivity contribution in [1.29, 1.82) is 0 Å². The van der Waals surface area contributed by atoms with Crippen molar-refractivity contribution in [2.45, 2.75) is 25.9 Å². The van der Waals surface area contributed by atoms with Crippen LogP contribution in [0.15, 0.2) is 11.0 Å². The largest absolute Gasteiger partial charge is 0.383 e. The van der Waals surface area contributed by atoms with Crippen LogP contribution in [-0.4, -0.2) is 29.5 Å². The van der Waals surface area contributed by atoms with E-state index in [0.717, 1.165) is 6.42 Å². The molecule has 1 N–H and O–H groups in total. The van der Waals surface area contributed by atoms with Crippen molar-refractivity contribution in [3.63, 3.8) is 0 Å². The molecule has 1 unspecified atom stereocenters. The van der Waals surface area contributed by atoms with Crippen LogP contribution in [0.2, 0.25) is 5.02 Å². The van der Waals surface area contributed by atoms with E-state index < -0.39 is 0 Å². The Morgan fingerprint density at radius 3 is 3.00 bits per heavy atom. The zero-order chi connectivity index (χ0) is 13.5. The van der Waals surface area contributed by atoms with E-state index in [1.54, 1.807) is 7.11 Å². The summed E-state index contributed by atoms with van der Waals surface area (Å²) >= 11 is 5.99. The first-order valence-corrected chi connectivity index (χ1v) is 5.99. The molecule has 0 fully saturated rings. The third-order valence-electron chi connectivity index (χ3n) is 2.43. The number of anilines is 1. The zero-order valence-electron chi connectivity index (χ0n) is 10.4. The van der Waals surface area contributed by atoms with Crippen molar-refractivity contribution in [2.75, 3.05) is 19.0 Å². The van der Waals surface area contributed by atoms with Gasteiger partial charge in [-0.1, -0.05) is 24.4 Å². The number of hydrogen-bond donors (Lipinski definition) is 1. The molecule has 5 nitrogen and oxygen atoms in total. The summed E-state index contributed by atoms with van der Waals surface area (Å²) in [6, 6.07) is -0.168. The van der Waals surface area contributed by atoms with Crippen molar-refractivity contribution in [3.05, 3.63) is 21.6 Å². The van der Waals surface area contributed by atoms with Crippen molar-refractivity contribution in [2.24, 2.45) is 0 Å². The van der Waals surface area contributed by atoms with Crippen LogP contribution in [0, 0.1) is 12.3 Å². The fourth-order valence-electron chi connectivity index (χ4n) is 1.35. The maximum absolute atomic E-state index is 11.9. The van der Waals surface area contributed by atoms with Gasteiger partial charge in [0.2, 0.25) is 0 Å². The molecule has 0 radical (unpaired) electrons. The van der Waals surface area contributed by atoms with Crippen LogP contribution >= 0.6 is 11.6 Å². The lowest BCUT2D eigenvalue weighted by molar-refractivity contribution is 0.182. The average Bonchev–Trinajstić information content (AvgIpc) is 2.39. The molecule has 0 saturated carbocycles. The lowest BCUT2D eigenvalue weighted by atomic mass is 10.2. The molecule has 6 heteroatoms. The Kier molecular flexibility index (Phi) is 5.69. The van der Waals surface area contributed by atoms with Gasteiger partial charge in [0.25, 0.3) is 5.56 Å². The molecule has 18 heavy (non-hydrogen) atoms. The Labute approximate surface area is 111 Å². The van der Waals surface area contributed by atoms with Gasteiger partial charge < -0.3 is 10.1 Å². The fraction of sp³-hybridized carbons (Fsp3) is 0.500. The number of nitrogens with one attached hydrogen (secondary N) is 1. The molecule has 1 aromatic rings. The minimum atomic E-state index is -0.356. The van der Waals surface area contributed by atoms with Gasteiger partial charge in [-0.2, -0.15) is 5.10 Å². The molecule has 1 rings (SSSR count). The lowest BCUT2D eigenvalue weighted by Crippen LogP contribution is -2.27. The summed E-state index contributed by atoms with van der Waals surface area (Å²) in [5.41, 5.74) is 0.103. The van der Waals surface area contributed by atoms with Gasteiger partial charge in [0.05, 0.1) is 31.1 Å². The lowest BCUT2D eigenvalue weighted by Gasteiger charge is -2.13. The quantitative estimate of drug-likeness (QED) is 0.793. The van der Waals surface area contributed by atoms with Crippen LogP contribution in [0.5, 0.6) is 0 Å². The summed E-state index contributed by atoms with van der Waals surface area (Å²) in [5.74, 6) is 2.57. The molecular weight excluding hydrogens is 254 g/mol. The van der Waals surface area contributed by atoms with Crippen molar-refractivity contribution < 1.29 is 4.74 Å². The third kappa shape index (κ3) is 3.49. The molecule has 1 heterocycles. The standard InChI is InChI=1S/C12H16ClN3O2/c1-4-9(5-2)15-10-8-14-16(6-7-18-3)12(17)11(10)13/h1,8-9,15H,5-7H2,2-3H3. The fourth-order valence-corrected chi connectivity index (χ4v) is 1.55. The number of rotatable bonds is 6. The second-order valence-corrected chi connectivity index (χ2v) is 4.04. The van der Waals surface area contributed by atoms with E-state index in [4.69, 9.17) is 22.8 Å². The smallest absolute Gasteiger partial charge is 0.287 e. The van der Waals surface area contributed by atoms with Crippen LogP contribution < -0.4 is 10.9 Å². The molecule has 0 aliphatic rings. The van der Waals surface area contributed by atoms with E-state index in [2.05, 4.69) is 16.3 Å². The van der Waals surface area contributed by atoms with Gasteiger partial charge in [0.15, 0.2) is 0 Å². The molecule has 98 valence electrons. The maximum Gasteiger partial charge on any atom is 0.287 e. The first kappa shape index (κ1) is 14.6. The van der Waals surface area contributed by atoms with Gasteiger partial charge in [-0.15, -0.1) is 6.42 Å². The first-order chi connectivity index (χ1) is 8.63. The van der Waals surface area contributed by atoms with Gasteiger partial charge in [-0.25, -0.2) is 4.68 Å². The Hall–Kier alpha value is -1.51. The molecule has 0 spiro atoms. The number of aromatic nitrogens is 2. The molecule has 0 aliphatic carbocycles. The highest BCUT2D eigenvalue weighted by atomic mass is 35.5. The summed E-state index contributed by atoms with van der Waals surface area (Å²) in [7, 11) is 1.56. The monoisotopic (exact) mass is 269 g/mol. The molecule has 0 aliphatic heterocycles. The topological polar surface area (TPSA) is 56.1 Å². The van der Waals surface area contributed by atoms with E-state index in [-0.39, 0.29) is 16.6 Å². The van der Waals surface area contributed by atoms with E-state index >= 15 is 0 Å². The van der Waals surface area contributed by atoms with Crippen LogP contribution in [-0.2, 0) is 11.3 Å². The van der Waals surface area contributed by atoms with Crippen molar-refractivity contribution in [1.82, 2.24) is 9.78 Å². The maximum atomic E-state index is 11.9.